The molecule has 1 fully saturated rings. The van der Waals surface area contributed by atoms with E-state index in [1.54, 1.807) is 14.2 Å². The average Bonchev–Trinajstić information content (AvgIpc) is 2.70. The van der Waals surface area contributed by atoms with Gasteiger partial charge in [-0.05, 0) is 49.3 Å². The highest BCUT2D eigenvalue weighted by atomic mass is 16.5. The maximum atomic E-state index is 5.50. The molecule has 0 spiro atoms. The van der Waals surface area contributed by atoms with Gasteiger partial charge in [-0.1, -0.05) is 20.8 Å². The van der Waals surface area contributed by atoms with E-state index in [0.29, 0.717) is 17.4 Å². The second kappa shape index (κ2) is 6.27. The normalized spacial score (nSPS) is 25.6. The van der Waals surface area contributed by atoms with Crippen LogP contribution in [0.15, 0.2) is 18.2 Å². The van der Waals surface area contributed by atoms with E-state index in [1.165, 1.54) is 12.8 Å². The molecule has 3 heteroatoms. The van der Waals surface area contributed by atoms with Crippen LogP contribution in [-0.4, -0.2) is 20.3 Å². The quantitative estimate of drug-likeness (QED) is 0.883. The summed E-state index contributed by atoms with van der Waals surface area (Å²) in [7, 11) is 3.42. The third-order valence-electron chi connectivity index (χ3n) is 4.70. The van der Waals surface area contributed by atoms with Crippen LogP contribution >= 0.6 is 0 Å². The molecule has 0 heterocycles. The lowest BCUT2D eigenvalue weighted by molar-refractivity contribution is 0.350. The minimum atomic E-state index is 0.247. The van der Waals surface area contributed by atoms with Crippen molar-refractivity contribution in [3.05, 3.63) is 23.8 Å². The van der Waals surface area contributed by atoms with Crippen molar-refractivity contribution in [2.75, 3.05) is 14.2 Å². The number of methoxy groups -OCH3 is 2. The highest BCUT2D eigenvalue weighted by molar-refractivity contribution is 5.42. The predicted octanol–water partition coefficient (Wildman–Crippen LogP) is 4.18. The van der Waals surface area contributed by atoms with Crippen LogP contribution in [0.25, 0.3) is 0 Å². The lowest BCUT2D eigenvalue weighted by atomic mass is 9.91. The summed E-state index contributed by atoms with van der Waals surface area (Å²) < 4.78 is 10.8. The van der Waals surface area contributed by atoms with Crippen LogP contribution in [0.2, 0.25) is 0 Å². The Morgan fingerprint density at radius 1 is 1.19 bits per heavy atom. The summed E-state index contributed by atoms with van der Waals surface area (Å²) in [5.41, 5.74) is 1.60. The molecule has 0 bridgehead atoms. The van der Waals surface area contributed by atoms with Gasteiger partial charge in [0.15, 0.2) is 0 Å². The highest BCUT2D eigenvalue weighted by Crippen LogP contribution is 2.42. The van der Waals surface area contributed by atoms with Gasteiger partial charge in [0, 0.05) is 17.6 Å². The number of benzene rings is 1. The molecular weight excluding hydrogens is 262 g/mol. The Kier molecular flexibility index (Phi) is 4.82. The van der Waals surface area contributed by atoms with E-state index in [2.05, 4.69) is 39.1 Å². The molecule has 0 saturated heterocycles. The molecule has 1 aromatic rings. The molecule has 0 aromatic heterocycles. The maximum Gasteiger partial charge on any atom is 0.123 e. The summed E-state index contributed by atoms with van der Waals surface area (Å²) in [5, 5.41) is 3.79. The van der Waals surface area contributed by atoms with E-state index >= 15 is 0 Å². The fraction of sp³-hybridized carbons (Fsp3) is 0.667. The molecule has 1 N–H and O–H groups in total. The third-order valence-corrected chi connectivity index (χ3v) is 4.70. The topological polar surface area (TPSA) is 30.5 Å². The molecule has 1 saturated carbocycles. The molecule has 3 atom stereocenters. The second-order valence-electron chi connectivity index (χ2n) is 7.15. The van der Waals surface area contributed by atoms with E-state index in [9.17, 15) is 0 Å². The molecule has 21 heavy (non-hydrogen) atoms. The summed E-state index contributed by atoms with van der Waals surface area (Å²) >= 11 is 0. The van der Waals surface area contributed by atoms with Crippen molar-refractivity contribution in [3.63, 3.8) is 0 Å². The van der Waals surface area contributed by atoms with Gasteiger partial charge in [0.2, 0.25) is 0 Å². The number of hydrogen-bond donors (Lipinski definition) is 1. The van der Waals surface area contributed by atoms with Gasteiger partial charge >= 0.3 is 0 Å². The third kappa shape index (κ3) is 3.70. The Morgan fingerprint density at radius 3 is 2.43 bits per heavy atom. The number of ether oxygens (including phenoxy) is 2. The Labute approximate surface area is 129 Å². The van der Waals surface area contributed by atoms with Gasteiger partial charge in [0.1, 0.15) is 11.5 Å². The van der Waals surface area contributed by atoms with Crippen LogP contribution in [0.3, 0.4) is 0 Å². The molecule has 3 unspecified atom stereocenters. The van der Waals surface area contributed by atoms with Gasteiger partial charge in [-0.25, -0.2) is 0 Å². The largest absolute Gasteiger partial charge is 0.497 e. The van der Waals surface area contributed by atoms with E-state index in [0.717, 1.165) is 17.1 Å². The Balaban J connectivity index is 2.15. The Bertz CT molecular complexity index is 484. The minimum Gasteiger partial charge on any atom is -0.497 e. The van der Waals surface area contributed by atoms with Gasteiger partial charge in [-0.2, -0.15) is 0 Å². The molecule has 1 aromatic carbocycles. The lowest BCUT2D eigenvalue weighted by Crippen LogP contribution is -2.34. The van der Waals surface area contributed by atoms with Crippen molar-refractivity contribution in [2.45, 2.75) is 52.6 Å². The number of rotatable bonds is 5. The molecule has 1 aliphatic rings. The highest BCUT2D eigenvalue weighted by Gasteiger charge is 2.37. The summed E-state index contributed by atoms with van der Waals surface area (Å²) in [6, 6.07) is 6.80. The molecule has 1 aliphatic carbocycles. The standard InChI is InChI=1S/C18H29NO2/c1-12-10-18(3,4)11-16(12)19-13(2)15-9-14(20-5)7-8-17(15)21-6/h7-9,12-13,16,19H,10-11H2,1-6H3. The molecule has 0 amide bonds. The first kappa shape index (κ1) is 16.2. The average molecular weight is 291 g/mol. The van der Waals surface area contributed by atoms with Crippen LogP contribution in [0.1, 0.15) is 52.1 Å². The van der Waals surface area contributed by atoms with Crippen LogP contribution in [0.5, 0.6) is 11.5 Å². The van der Waals surface area contributed by atoms with Crippen molar-refractivity contribution in [1.29, 1.82) is 0 Å². The summed E-state index contributed by atoms with van der Waals surface area (Å²) in [5.74, 6) is 2.50. The zero-order valence-corrected chi connectivity index (χ0v) is 14.2. The number of nitrogens with one attached hydrogen (secondary N) is 1. The first-order valence-electron chi connectivity index (χ1n) is 7.84. The first-order chi connectivity index (χ1) is 9.86. The van der Waals surface area contributed by atoms with Crippen molar-refractivity contribution < 1.29 is 9.47 Å². The van der Waals surface area contributed by atoms with E-state index in [1.807, 2.05) is 12.1 Å². The second-order valence-corrected chi connectivity index (χ2v) is 7.15. The van der Waals surface area contributed by atoms with Crippen molar-refractivity contribution >= 4 is 0 Å². The van der Waals surface area contributed by atoms with Crippen LogP contribution in [0.4, 0.5) is 0 Å². The molecule has 2 rings (SSSR count). The van der Waals surface area contributed by atoms with E-state index < -0.39 is 0 Å². The Hall–Kier alpha value is -1.22. The maximum absolute atomic E-state index is 5.50. The molecule has 118 valence electrons. The lowest BCUT2D eigenvalue weighted by Gasteiger charge is -2.25. The van der Waals surface area contributed by atoms with Crippen molar-refractivity contribution in [1.82, 2.24) is 5.32 Å². The van der Waals surface area contributed by atoms with Crippen LogP contribution < -0.4 is 14.8 Å². The van der Waals surface area contributed by atoms with E-state index in [4.69, 9.17) is 9.47 Å². The van der Waals surface area contributed by atoms with Gasteiger partial charge in [0.25, 0.3) is 0 Å². The fourth-order valence-corrected chi connectivity index (χ4v) is 3.71. The summed E-state index contributed by atoms with van der Waals surface area (Å²) in [4.78, 5) is 0. The van der Waals surface area contributed by atoms with Gasteiger partial charge < -0.3 is 14.8 Å². The van der Waals surface area contributed by atoms with Crippen LogP contribution in [0, 0.1) is 11.3 Å². The van der Waals surface area contributed by atoms with E-state index in [-0.39, 0.29) is 6.04 Å². The summed E-state index contributed by atoms with van der Waals surface area (Å²) in [6.45, 7) is 9.28. The molecule has 3 nitrogen and oxygen atoms in total. The zero-order chi connectivity index (χ0) is 15.6. The first-order valence-corrected chi connectivity index (χ1v) is 7.84. The number of hydrogen-bond acceptors (Lipinski definition) is 3. The Morgan fingerprint density at radius 2 is 1.90 bits per heavy atom. The minimum absolute atomic E-state index is 0.247. The summed E-state index contributed by atoms with van der Waals surface area (Å²) in [6.07, 6.45) is 2.51. The monoisotopic (exact) mass is 291 g/mol. The molecule has 0 radical (unpaired) electrons. The molecular formula is C18H29NO2. The van der Waals surface area contributed by atoms with Crippen molar-refractivity contribution in [2.24, 2.45) is 11.3 Å². The zero-order valence-electron chi connectivity index (χ0n) is 14.2. The SMILES string of the molecule is COc1ccc(OC)c(C(C)NC2CC(C)(C)CC2C)c1. The molecule has 0 aliphatic heterocycles. The van der Waals surface area contributed by atoms with Gasteiger partial charge in [-0.3, -0.25) is 0 Å². The fourth-order valence-electron chi connectivity index (χ4n) is 3.71. The van der Waals surface area contributed by atoms with Gasteiger partial charge in [-0.15, -0.1) is 0 Å². The van der Waals surface area contributed by atoms with Crippen LogP contribution in [-0.2, 0) is 0 Å². The van der Waals surface area contributed by atoms with Gasteiger partial charge in [0.05, 0.1) is 14.2 Å². The predicted molar refractivity (Wildman–Crippen MR) is 87.1 cm³/mol. The van der Waals surface area contributed by atoms with Crippen molar-refractivity contribution in [3.8, 4) is 11.5 Å². The smallest absolute Gasteiger partial charge is 0.123 e.